The molecule has 0 radical (unpaired) electrons. The minimum absolute atomic E-state index is 0.0702. The quantitative estimate of drug-likeness (QED) is 0.802. The van der Waals surface area contributed by atoms with Gasteiger partial charge in [-0.05, 0) is 51.5 Å². The highest BCUT2D eigenvalue weighted by Crippen LogP contribution is 2.30. The van der Waals surface area contributed by atoms with Crippen molar-refractivity contribution in [1.29, 1.82) is 0 Å². The lowest BCUT2D eigenvalue weighted by atomic mass is 10.0. The van der Waals surface area contributed by atoms with Gasteiger partial charge in [0, 0.05) is 23.9 Å². The summed E-state index contributed by atoms with van der Waals surface area (Å²) in [6.07, 6.45) is 0.915. The van der Waals surface area contributed by atoms with Crippen molar-refractivity contribution in [3.63, 3.8) is 0 Å². The molecule has 0 aliphatic rings. The second-order valence-corrected chi connectivity index (χ2v) is 5.24. The summed E-state index contributed by atoms with van der Waals surface area (Å²) in [5.74, 6) is 0.710. The number of aromatic nitrogens is 2. The van der Waals surface area contributed by atoms with E-state index in [2.05, 4.69) is 5.10 Å². The molecule has 0 amide bonds. The van der Waals surface area contributed by atoms with E-state index in [0.717, 1.165) is 28.8 Å². The molecule has 0 saturated carbocycles. The van der Waals surface area contributed by atoms with Gasteiger partial charge >= 0.3 is 0 Å². The summed E-state index contributed by atoms with van der Waals surface area (Å²) in [5, 5.41) is 4.42. The Balaban J connectivity index is 2.58. The van der Waals surface area contributed by atoms with Gasteiger partial charge in [0.05, 0.1) is 11.8 Å². The third kappa shape index (κ3) is 2.74. The first kappa shape index (κ1) is 14.3. The van der Waals surface area contributed by atoms with Crippen molar-refractivity contribution in [2.75, 3.05) is 0 Å². The van der Waals surface area contributed by atoms with Gasteiger partial charge in [-0.25, -0.2) is 0 Å². The number of aldehydes is 1. The van der Waals surface area contributed by atoms with E-state index >= 15 is 0 Å². The standard InChI is InChI=1S/C16H20N2O2/c1-10(2)20-15-7-13(9-19)6-14(8-15)16-11(3)17-18(5)12(16)4/h6-10H,1-5H3. The molecule has 4 nitrogen and oxygen atoms in total. The fraction of sp³-hybridized carbons (Fsp3) is 0.375. The van der Waals surface area contributed by atoms with Gasteiger partial charge in [0.15, 0.2) is 0 Å². The maximum Gasteiger partial charge on any atom is 0.150 e. The highest BCUT2D eigenvalue weighted by atomic mass is 16.5. The number of hydrogen-bond donors (Lipinski definition) is 0. The van der Waals surface area contributed by atoms with Crippen LogP contribution in [0.1, 0.15) is 35.6 Å². The van der Waals surface area contributed by atoms with Gasteiger partial charge in [0.1, 0.15) is 12.0 Å². The molecule has 0 aliphatic heterocycles. The van der Waals surface area contributed by atoms with E-state index in [1.54, 1.807) is 6.07 Å². The number of benzene rings is 1. The average Bonchev–Trinajstić information content (AvgIpc) is 2.62. The van der Waals surface area contributed by atoms with Crippen molar-refractivity contribution < 1.29 is 9.53 Å². The highest BCUT2D eigenvalue weighted by molar-refractivity contribution is 5.81. The Labute approximate surface area is 119 Å². The SMILES string of the molecule is Cc1nn(C)c(C)c1-c1cc(C=O)cc(OC(C)C)c1. The molecule has 2 aromatic rings. The number of nitrogens with zero attached hydrogens (tertiary/aromatic N) is 2. The summed E-state index contributed by atoms with van der Waals surface area (Å²) in [5.41, 5.74) is 4.66. The Morgan fingerprint density at radius 3 is 2.45 bits per heavy atom. The number of rotatable bonds is 4. The number of carbonyl (C=O) groups excluding carboxylic acids is 1. The van der Waals surface area contributed by atoms with Crippen LogP contribution in [0.2, 0.25) is 0 Å². The molecule has 0 aliphatic carbocycles. The Morgan fingerprint density at radius 1 is 1.25 bits per heavy atom. The van der Waals surface area contributed by atoms with Crippen LogP contribution in [0, 0.1) is 13.8 Å². The summed E-state index contributed by atoms with van der Waals surface area (Å²) in [6, 6.07) is 5.60. The Bertz CT molecular complexity index is 642. The maximum absolute atomic E-state index is 11.1. The first-order valence-corrected chi connectivity index (χ1v) is 6.70. The second kappa shape index (κ2) is 5.49. The van der Waals surface area contributed by atoms with Crippen LogP contribution in [-0.4, -0.2) is 22.2 Å². The summed E-state index contributed by atoms with van der Waals surface area (Å²) in [6.45, 7) is 7.92. The highest BCUT2D eigenvalue weighted by Gasteiger charge is 2.14. The van der Waals surface area contributed by atoms with Crippen LogP contribution in [0.3, 0.4) is 0 Å². The van der Waals surface area contributed by atoms with Gasteiger partial charge in [0.25, 0.3) is 0 Å². The molecule has 4 heteroatoms. The van der Waals surface area contributed by atoms with Crippen molar-refractivity contribution >= 4 is 6.29 Å². The smallest absolute Gasteiger partial charge is 0.150 e. The number of ether oxygens (including phenoxy) is 1. The molecule has 1 heterocycles. The summed E-state index contributed by atoms with van der Waals surface area (Å²) >= 11 is 0. The molecule has 2 rings (SSSR count). The third-order valence-corrected chi connectivity index (χ3v) is 3.23. The molecule has 1 aromatic carbocycles. The van der Waals surface area contributed by atoms with Crippen LogP contribution in [0.4, 0.5) is 0 Å². The zero-order valence-corrected chi connectivity index (χ0v) is 12.6. The fourth-order valence-electron chi connectivity index (χ4n) is 2.37. The third-order valence-electron chi connectivity index (χ3n) is 3.23. The molecule has 0 atom stereocenters. The van der Waals surface area contributed by atoms with Crippen molar-refractivity contribution in [2.45, 2.75) is 33.8 Å². The minimum Gasteiger partial charge on any atom is -0.491 e. The van der Waals surface area contributed by atoms with Gasteiger partial charge in [-0.2, -0.15) is 5.10 Å². The van der Waals surface area contributed by atoms with Crippen LogP contribution in [0.25, 0.3) is 11.1 Å². The minimum atomic E-state index is 0.0702. The van der Waals surface area contributed by atoms with Gasteiger partial charge in [-0.3, -0.25) is 9.48 Å². The molecule has 0 saturated heterocycles. The molecule has 0 bridgehead atoms. The van der Waals surface area contributed by atoms with Crippen molar-refractivity contribution in [1.82, 2.24) is 9.78 Å². The van der Waals surface area contributed by atoms with E-state index in [1.807, 2.05) is 51.6 Å². The van der Waals surface area contributed by atoms with Crippen LogP contribution < -0.4 is 4.74 Å². The Morgan fingerprint density at radius 2 is 1.95 bits per heavy atom. The predicted octanol–water partition coefficient (Wildman–Crippen LogP) is 3.30. The lowest BCUT2D eigenvalue weighted by Gasteiger charge is -2.12. The van der Waals surface area contributed by atoms with Crippen LogP contribution in [-0.2, 0) is 7.05 Å². The number of aryl methyl sites for hydroxylation is 2. The molecular weight excluding hydrogens is 252 g/mol. The van der Waals surface area contributed by atoms with Crippen molar-refractivity contribution in [3.8, 4) is 16.9 Å². The monoisotopic (exact) mass is 272 g/mol. The van der Waals surface area contributed by atoms with Crippen molar-refractivity contribution in [3.05, 3.63) is 35.2 Å². The second-order valence-electron chi connectivity index (χ2n) is 5.24. The molecule has 106 valence electrons. The Kier molecular flexibility index (Phi) is 3.93. The number of hydrogen-bond acceptors (Lipinski definition) is 3. The predicted molar refractivity (Wildman–Crippen MR) is 79.3 cm³/mol. The topological polar surface area (TPSA) is 44.1 Å². The average molecular weight is 272 g/mol. The lowest BCUT2D eigenvalue weighted by molar-refractivity contribution is 0.112. The first-order chi connectivity index (χ1) is 9.42. The van der Waals surface area contributed by atoms with Crippen LogP contribution in [0.15, 0.2) is 18.2 Å². The number of carbonyl (C=O) groups is 1. The summed E-state index contributed by atoms with van der Waals surface area (Å²) in [7, 11) is 1.92. The summed E-state index contributed by atoms with van der Waals surface area (Å²) in [4.78, 5) is 11.1. The molecule has 1 aromatic heterocycles. The van der Waals surface area contributed by atoms with E-state index < -0.39 is 0 Å². The van der Waals surface area contributed by atoms with Crippen LogP contribution in [0.5, 0.6) is 5.75 Å². The van der Waals surface area contributed by atoms with Crippen molar-refractivity contribution in [2.24, 2.45) is 7.05 Å². The first-order valence-electron chi connectivity index (χ1n) is 6.70. The van der Waals surface area contributed by atoms with E-state index in [0.29, 0.717) is 11.3 Å². The van der Waals surface area contributed by atoms with E-state index in [4.69, 9.17) is 4.74 Å². The fourth-order valence-corrected chi connectivity index (χ4v) is 2.37. The molecule has 0 unspecified atom stereocenters. The summed E-state index contributed by atoms with van der Waals surface area (Å²) < 4.78 is 7.57. The Hall–Kier alpha value is -2.10. The molecule has 20 heavy (non-hydrogen) atoms. The van der Waals surface area contributed by atoms with E-state index in [-0.39, 0.29) is 6.10 Å². The zero-order valence-electron chi connectivity index (χ0n) is 12.6. The van der Waals surface area contributed by atoms with E-state index in [9.17, 15) is 4.79 Å². The van der Waals surface area contributed by atoms with E-state index in [1.165, 1.54) is 0 Å². The van der Waals surface area contributed by atoms with Crippen LogP contribution >= 0.6 is 0 Å². The molecule has 0 N–H and O–H groups in total. The normalized spacial score (nSPS) is 10.9. The lowest BCUT2D eigenvalue weighted by Crippen LogP contribution is -2.06. The molecule has 0 spiro atoms. The zero-order chi connectivity index (χ0) is 14.9. The molecule has 0 fully saturated rings. The van der Waals surface area contributed by atoms with Gasteiger partial charge in [0.2, 0.25) is 0 Å². The largest absolute Gasteiger partial charge is 0.491 e. The maximum atomic E-state index is 11.1. The van der Waals surface area contributed by atoms with Gasteiger partial charge in [-0.1, -0.05) is 0 Å². The van der Waals surface area contributed by atoms with Gasteiger partial charge < -0.3 is 4.74 Å². The molecular formula is C16H20N2O2. The van der Waals surface area contributed by atoms with Gasteiger partial charge in [-0.15, -0.1) is 0 Å².